The van der Waals surface area contributed by atoms with Crippen molar-refractivity contribution in [1.29, 1.82) is 0 Å². The van der Waals surface area contributed by atoms with Gasteiger partial charge in [-0.2, -0.15) is 0 Å². The molecule has 0 aliphatic carbocycles. The van der Waals surface area contributed by atoms with Gasteiger partial charge in [0.1, 0.15) is 0 Å². The van der Waals surface area contributed by atoms with Crippen molar-refractivity contribution in [3.05, 3.63) is 74.6 Å². The highest BCUT2D eigenvalue weighted by Gasteiger charge is 2.33. The van der Waals surface area contributed by atoms with Gasteiger partial charge in [-0.15, -0.1) is 22.7 Å². The summed E-state index contributed by atoms with van der Waals surface area (Å²) in [6.45, 7) is 2.13. The van der Waals surface area contributed by atoms with Crippen LogP contribution in [0.5, 0.6) is 0 Å². The molecule has 2 aromatic heterocycles. The van der Waals surface area contributed by atoms with Gasteiger partial charge in [0, 0.05) is 33.6 Å². The number of nitrogens with zero attached hydrogens (tertiary/aromatic N) is 1. The minimum Gasteiger partial charge on any atom is -0.347 e. The summed E-state index contributed by atoms with van der Waals surface area (Å²) in [4.78, 5) is 29.7. The highest BCUT2D eigenvalue weighted by atomic mass is 32.1. The smallest absolute Gasteiger partial charge is 0.319 e. The molecular weight excluding hydrogens is 428 g/mol. The normalized spacial score (nSPS) is 18.6. The van der Waals surface area contributed by atoms with Gasteiger partial charge in [0.2, 0.25) is 0 Å². The van der Waals surface area contributed by atoms with E-state index in [2.05, 4.69) is 45.4 Å². The summed E-state index contributed by atoms with van der Waals surface area (Å²) in [5.74, 6) is 0.217. The van der Waals surface area contributed by atoms with Crippen molar-refractivity contribution in [3.8, 4) is 0 Å². The van der Waals surface area contributed by atoms with Gasteiger partial charge < -0.3 is 16.0 Å². The van der Waals surface area contributed by atoms with Crippen LogP contribution in [-0.2, 0) is 6.54 Å². The maximum Gasteiger partial charge on any atom is 0.319 e. The summed E-state index contributed by atoms with van der Waals surface area (Å²) in [5, 5.41) is 12.8. The Morgan fingerprint density at radius 2 is 1.90 bits per heavy atom. The number of anilines is 1. The van der Waals surface area contributed by atoms with E-state index in [1.54, 1.807) is 46.9 Å². The zero-order valence-corrected chi connectivity index (χ0v) is 19.0. The lowest BCUT2D eigenvalue weighted by atomic mass is 9.99. The molecular formula is C23H26N4O2S2. The van der Waals surface area contributed by atoms with Gasteiger partial charge in [-0.05, 0) is 67.0 Å². The first kappa shape index (κ1) is 21.5. The topological polar surface area (TPSA) is 73.5 Å². The monoisotopic (exact) mass is 454 g/mol. The van der Waals surface area contributed by atoms with Crippen LogP contribution in [0.4, 0.5) is 10.5 Å². The molecule has 1 fully saturated rings. The second kappa shape index (κ2) is 10.1. The van der Waals surface area contributed by atoms with Gasteiger partial charge in [-0.25, -0.2) is 4.79 Å². The molecule has 2 atom stereocenters. The average Bonchev–Trinajstić information content (AvgIpc) is 3.53. The standard InChI is InChI=1S/C23H26N4O2S2/c1-27-10-9-17(21(27)20-8-4-12-31-20)14-25-23(29)26-18-6-2-5-16(13-18)22(28)24-15-19-7-3-11-30-19/h2-8,11-13,17,21H,9-10,14-15H2,1H3,(H,24,28)(H2,25,26,29). The summed E-state index contributed by atoms with van der Waals surface area (Å²) >= 11 is 3.37. The lowest BCUT2D eigenvalue weighted by molar-refractivity contribution is 0.0951. The number of hydrogen-bond donors (Lipinski definition) is 3. The van der Waals surface area contributed by atoms with Gasteiger partial charge in [0.15, 0.2) is 0 Å². The van der Waals surface area contributed by atoms with Crippen LogP contribution in [0.2, 0.25) is 0 Å². The van der Waals surface area contributed by atoms with Crippen LogP contribution >= 0.6 is 22.7 Å². The second-order valence-electron chi connectivity index (χ2n) is 7.67. The van der Waals surface area contributed by atoms with E-state index >= 15 is 0 Å². The first-order valence-electron chi connectivity index (χ1n) is 10.3. The van der Waals surface area contributed by atoms with E-state index in [-0.39, 0.29) is 11.9 Å². The van der Waals surface area contributed by atoms with Crippen molar-refractivity contribution in [2.24, 2.45) is 5.92 Å². The van der Waals surface area contributed by atoms with E-state index < -0.39 is 0 Å². The summed E-state index contributed by atoms with van der Waals surface area (Å²) in [7, 11) is 2.14. The second-order valence-corrected chi connectivity index (χ2v) is 9.68. The van der Waals surface area contributed by atoms with Crippen LogP contribution in [-0.4, -0.2) is 37.0 Å². The van der Waals surface area contributed by atoms with E-state index in [4.69, 9.17) is 0 Å². The number of rotatable bonds is 7. The molecule has 2 unspecified atom stereocenters. The van der Waals surface area contributed by atoms with Gasteiger partial charge in [-0.3, -0.25) is 9.69 Å². The largest absolute Gasteiger partial charge is 0.347 e. The quantitative estimate of drug-likeness (QED) is 0.490. The zero-order chi connectivity index (χ0) is 21.6. The van der Waals surface area contributed by atoms with Crippen LogP contribution < -0.4 is 16.0 Å². The molecule has 31 heavy (non-hydrogen) atoms. The molecule has 3 heterocycles. The Balaban J connectivity index is 1.29. The van der Waals surface area contributed by atoms with E-state index in [1.165, 1.54) is 4.88 Å². The number of nitrogens with one attached hydrogen (secondary N) is 3. The molecule has 1 aromatic carbocycles. The highest BCUT2D eigenvalue weighted by molar-refractivity contribution is 7.10. The van der Waals surface area contributed by atoms with E-state index in [9.17, 15) is 9.59 Å². The van der Waals surface area contributed by atoms with Crippen LogP contribution in [0.1, 0.15) is 32.6 Å². The van der Waals surface area contributed by atoms with Crippen molar-refractivity contribution in [1.82, 2.24) is 15.5 Å². The van der Waals surface area contributed by atoms with Crippen molar-refractivity contribution < 1.29 is 9.59 Å². The van der Waals surface area contributed by atoms with Crippen molar-refractivity contribution in [3.63, 3.8) is 0 Å². The fourth-order valence-electron chi connectivity index (χ4n) is 3.97. The number of benzene rings is 1. The van der Waals surface area contributed by atoms with Crippen molar-refractivity contribution in [2.75, 3.05) is 25.5 Å². The summed E-state index contributed by atoms with van der Waals surface area (Å²) in [6, 6.07) is 15.3. The number of carbonyl (C=O) groups excluding carboxylic acids is 2. The average molecular weight is 455 g/mol. The molecule has 0 spiro atoms. The van der Waals surface area contributed by atoms with Gasteiger partial charge in [-0.1, -0.05) is 18.2 Å². The molecule has 0 radical (unpaired) electrons. The third kappa shape index (κ3) is 5.52. The number of hydrogen-bond acceptors (Lipinski definition) is 5. The van der Waals surface area contributed by atoms with Gasteiger partial charge in [0.25, 0.3) is 5.91 Å². The maximum atomic E-state index is 12.5. The van der Waals surface area contributed by atoms with Gasteiger partial charge >= 0.3 is 6.03 Å². The SMILES string of the molecule is CN1CCC(CNC(=O)Nc2cccc(C(=O)NCc3cccs3)c2)C1c1cccs1. The lowest BCUT2D eigenvalue weighted by Gasteiger charge is -2.24. The Kier molecular flexibility index (Phi) is 7.01. The third-order valence-electron chi connectivity index (χ3n) is 5.52. The fraction of sp³-hybridized carbons (Fsp3) is 0.304. The Hall–Kier alpha value is -2.68. The van der Waals surface area contributed by atoms with Crippen molar-refractivity contribution in [2.45, 2.75) is 19.0 Å². The molecule has 3 aromatic rings. The fourth-order valence-corrected chi connectivity index (χ4v) is 5.60. The predicted molar refractivity (Wildman–Crippen MR) is 127 cm³/mol. The molecule has 3 amide bonds. The molecule has 0 bridgehead atoms. The minimum absolute atomic E-state index is 0.162. The lowest BCUT2D eigenvalue weighted by Crippen LogP contribution is -2.35. The third-order valence-corrected chi connectivity index (χ3v) is 7.34. The Morgan fingerprint density at radius 3 is 2.68 bits per heavy atom. The highest BCUT2D eigenvalue weighted by Crippen LogP contribution is 2.37. The van der Waals surface area contributed by atoms with Crippen LogP contribution in [0.15, 0.2) is 59.3 Å². The Labute approximate surface area is 190 Å². The van der Waals surface area contributed by atoms with Crippen LogP contribution in [0.3, 0.4) is 0 Å². The first-order valence-corrected chi connectivity index (χ1v) is 12.1. The van der Waals surface area contributed by atoms with Crippen LogP contribution in [0, 0.1) is 5.92 Å². The Morgan fingerprint density at radius 1 is 1.06 bits per heavy atom. The number of carbonyl (C=O) groups is 2. The first-order chi connectivity index (χ1) is 15.1. The Bertz CT molecular complexity index is 1000. The molecule has 3 N–H and O–H groups in total. The number of thiophene rings is 2. The molecule has 162 valence electrons. The van der Waals surface area contributed by atoms with E-state index in [0.717, 1.165) is 17.8 Å². The zero-order valence-electron chi connectivity index (χ0n) is 17.3. The molecule has 6 nitrogen and oxygen atoms in total. The molecule has 1 aliphatic heterocycles. The number of likely N-dealkylation sites (tertiary alicyclic amines) is 1. The van der Waals surface area contributed by atoms with Gasteiger partial charge in [0.05, 0.1) is 6.54 Å². The summed E-state index contributed by atoms with van der Waals surface area (Å²) in [6.07, 6.45) is 1.05. The van der Waals surface area contributed by atoms with Crippen molar-refractivity contribution >= 4 is 40.3 Å². The molecule has 1 saturated heterocycles. The molecule has 1 aliphatic rings. The number of amides is 3. The minimum atomic E-state index is -0.254. The van der Waals surface area contributed by atoms with E-state index in [0.29, 0.717) is 36.3 Å². The molecule has 4 rings (SSSR count). The summed E-state index contributed by atoms with van der Waals surface area (Å²) in [5.41, 5.74) is 1.11. The number of urea groups is 1. The van der Waals surface area contributed by atoms with E-state index in [1.807, 2.05) is 17.5 Å². The predicted octanol–water partition coefficient (Wildman–Crippen LogP) is 4.55. The maximum absolute atomic E-state index is 12.5. The van der Waals surface area contributed by atoms with Crippen LogP contribution in [0.25, 0.3) is 0 Å². The molecule has 0 saturated carbocycles. The molecule has 8 heteroatoms. The summed E-state index contributed by atoms with van der Waals surface area (Å²) < 4.78 is 0.